The summed E-state index contributed by atoms with van der Waals surface area (Å²) in [5, 5.41) is 0. The van der Waals surface area contributed by atoms with Crippen molar-refractivity contribution >= 4 is 5.91 Å². The van der Waals surface area contributed by atoms with E-state index >= 15 is 0 Å². The Kier molecular flexibility index (Phi) is 4.87. The van der Waals surface area contributed by atoms with Crippen LogP contribution in [-0.2, 0) is 6.42 Å². The highest BCUT2D eigenvalue weighted by atomic mass is 16.5. The lowest BCUT2D eigenvalue weighted by molar-refractivity contribution is 0.0736. The second-order valence-corrected chi connectivity index (χ2v) is 6.68. The molecule has 1 aliphatic rings. The fourth-order valence-corrected chi connectivity index (χ4v) is 3.69. The molecule has 6 heteroatoms. The van der Waals surface area contributed by atoms with Gasteiger partial charge in [-0.15, -0.1) is 0 Å². The van der Waals surface area contributed by atoms with Gasteiger partial charge in [-0.1, -0.05) is 18.2 Å². The number of likely N-dealkylation sites (tertiary alicyclic amines) is 1. The first-order chi connectivity index (χ1) is 13.3. The summed E-state index contributed by atoms with van der Waals surface area (Å²) in [7, 11) is 1.69. The second kappa shape index (κ2) is 7.61. The van der Waals surface area contributed by atoms with E-state index in [1.165, 1.54) is 0 Å². The topological polar surface area (TPSA) is 60.2 Å². The Morgan fingerprint density at radius 1 is 1.26 bits per heavy atom. The molecule has 1 aromatic carbocycles. The maximum atomic E-state index is 13.2. The van der Waals surface area contributed by atoms with Crippen molar-refractivity contribution in [1.29, 1.82) is 0 Å². The van der Waals surface area contributed by atoms with E-state index in [0.717, 1.165) is 37.1 Å². The Bertz CT molecular complexity index is 923. The van der Waals surface area contributed by atoms with E-state index in [1.807, 2.05) is 35.4 Å². The van der Waals surface area contributed by atoms with Crippen molar-refractivity contribution in [3.05, 3.63) is 72.4 Å². The molecule has 6 nitrogen and oxygen atoms in total. The first-order valence-electron chi connectivity index (χ1n) is 9.13. The number of ether oxygens (including phenoxy) is 1. The Morgan fingerprint density at radius 3 is 2.96 bits per heavy atom. The molecule has 3 heterocycles. The first kappa shape index (κ1) is 17.3. The molecule has 0 bridgehead atoms. The molecule has 0 aliphatic carbocycles. The average molecular weight is 362 g/mol. The molecule has 3 aromatic rings. The monoisotopic (exact) mass is 362 g/mol. The number of para-hydroxylation sites is 1. The Labute approximate surface area is 158 Å². The molecule has 1 aliphatic heterocycles. The molecule has 0 saturated carbocycles. The SMILES string of the molecule is COc1ccccc1C[C@@H]1CCCN1C(=O)c1ccnc(-n2ccnc2)c1. The van der Waals surface area contributed by atoms with Gasteiger partial charge in [-0.2, -0.15) is 0 Å². The maximum Gasteiger partial charge on any atom is 0.254 e. The van der Waals surface area contributed by atoms with Crippen LogP contribution in [0.25, 0.3) is 5.82 Å². The number of carbonyl (C=O) groups is 1. The van der Waals surface area contributed by atoms with Crippen LogP contribution in [0.1, 0.15) is 28.8 Å². The van der Waals surface area contributed by atoms with Gasteiger partial charge in [-0.05, 0) is 43.0 Å². The number of nitrogens with zero attached hydrogens (tertiary/aromatic N) is 4. The number of benzene rings is 1. The van der Waals surface area contributed by atoms with Crippen molar-refractivity contribution in [1.82, 2.24) is 19.4 Å². The van der Waals surface area contributed by atoms with Crippen LogP contribution < -0.4 is 4.74 Å². The maximum absolute atomic E-state index is 13.2. The quantitative estimate of drug-likeness (QED) is 0.700. The molecule has 0 unspecified atom stereocenters. The number of methoxy groups -OCH3 is 1. The van der Waals surface area contributed by atoms with Crippen molar-refractivity contribution in [3.8, 4) is 11.6 Å². The van der Waals surface area contributed by atoms with Gasteiger partial charge in [0.15, 0.2) is 0 Å². The molecule has 1 saturated heterocycles. The molecule has 138 valence electrons. The van der Waals surface area contributed by atoms with Gasteiger partial charge in [0, 0.05) is 36.7 Å². The van der Waals surface area contributed by atoms with Crippen molar-refractivity contribution in [2.75, 3.05) is 13.7 Å². The summed E-state index contributed by atoms with van der Waals surface area (Å²) in [6, 6.07) is 11.8. The third-order valence-corrected chi connectivity index (χ3v) is 5.05. The minimum Gasteiger partial charge on any atom is -0.496 e. The van der Waals surface area contributed by atoms with E-state index in [0.29, 0.717) is 11.4 Å². The van der Waals surface area contributed by atoms with Gasteiger partial charge in [0.1, 0.15) is 17.9 Å². The second-order valence-electron chi connectivity index (χ2n) is 6.68. The van der Waals surface area contributed by atoms with Gasteiger partial charge in [0.2, 0.25) is 0 Å². The molecule has 0 radical (unpaired) electrons. The molecule has 0 spiro atoms. The van der Waals surface area contributed by atoms with Crippen LogP contribution in [0.4, 0.5) is 0 Å². The summed E-state index contributed by atoms with van der Waals surface area (Å²) in [6.07, 6.45) is 9.69. The van der Waals surface area contributed by atoms with Crippen LogP contribution in [0.15, 0.2) is 61.3 Å². The van der Waals surface area contributed by atoms with Gasteiger partial charge in [-0.25, -0.2) is 9.97 Å². The molecule has 4 rings (SSSR count). The number of hydrogen-bond donors (Lipinski definition) is 0. The van der Waals surface area contributed by atoms with Crippen LogP contribution in [0.3, 0.4) is 0 Å². The summed E-state index contributed by atoms with van der Waals surface area (Å²) in [6.45, 7) is 0.779. The van der Waals surface area contributed by atoms with E-state index in [-0.39, 0.29) is 11.9 Å². The molecule has 1 amide bonds. The zero-order valence-electron chi connectivity index (χ0n) is 15.3. The fraction of sp³-hybridized carbons (Fsp3) is 0.286. The number of aromatic nitrogens is 3. The number of rotatable bonds is 5. The normalized spacial score (nSPS) is 16.5. The van der Waals surface area contributed by atoms with Gasteiger partial charge in [-0.3, -0.25) is 9.36 Å². The molecule has 27 heavy (non-hydrogen) atoms. The molecular weight excluding hydrogens is 340 g/mol. The fourth-order valence-electron chi connectivity index (χ4n) is 3.69. The first-order valence-corrected chi connectivity index (χ1v) is 9.13. The van der Waals surface area contributed by atoms with Crippen molar-refractivity contribution in [2.45, 2.75) is 25.3 Å². The number of pyridine rings is 1. The van der Waals surface area contributed by atoms with Gasteiger partial charge >= 0.3 is 0 Å². The Morgan fingerprint density at radius 2 is 2.15 bits per heavy atom. The highest BCUT2D eigenvalue weighted by Crippen LogP contribution is 2.27. The molecule has 1 fully saturated rings. The minimum absolute atomic E-state index is 0.0520. The number of imidazole rings is 1. The largest absolute Gasteiger partial charge is 0.496 e. The van der Waals surface area contributed by atoms with Gasteiger partial charge < -0.3 is 9.64 Å². The molecule has 2 aromatic heterocycles. The zero-order valence-corrected chi connectivity index (χ0v) is 15.3. The predicted molar refractivity (Wildman–Crippen MR) is 102 cm³/mol. The van der Waals surface area contributed by atoms with Crippen molar-refractivity contribution in [3.63, 3.8) is 0 Å². The number of hydrogen-bond acceptors (Lipinski definition) is 4. The molecular formula is C21H22N4O2. The lowest BCUT2D eigenvalue weighted by Gasteiger charge is -2.25. The third-order valence-electron chi connectivity index (χ3n) is 5.05. The van der Waals surface area contributed by atoms with Crippen molar-refractivity contribution in [2.24, 2.45) is 0 Å². The minimum atomic E-state index is 0.0520. The number of amides is 1. The van der Waals surface area contributed by atoms with E-state index in [1.54, 1.807) is 36.5 Å². The summed E-state index contributed by atoms with van der Waals surface area (Å²) in [5.41, 5.74) is 1.79. The smallest absolute Gasteiger partial charge is 0.254 e. The van der Waals surface area contributed by atoms with Crippen LogP contribution in [-0.4, -0.2) is 45.0 Å². The number of carbonyl (C=O) groups excluding carboxylic acids is 1. The molecule has 0 N–H and O–H groups in total. The average Bonchev–Trinajstić information content (AvgIpc) is 3.40. The van der Waals surface area contributed by atoms with Gasteiger partial charge in [0.25, 0.3) is 5.91 Å². The summed E-state index contributed by atoms with van der Waals surface area (Å²) in [4.78, 5) is 23.5. The third kappa shape index (κ3) is 3.56. The lowest BCUT2D eigenvalue weighted by Crippen LogP contribution is -2.37. The summed E-state index contributed by atoms with van der Waals surface area (Å²) >= 11 is 0. The van der Waals surface area contributed by atoms with Gasteiger partial charge in [0.05, 0.1) is 7.11 Å². The Hall–Kier alpha value is -3.15. The molecule has 1 atom stereocenters. The van der Waals surface area contributed by atoms with Crippen LogP contribution in [0, 0.1) is 0 Å². The predicted octanol–water partition coefficient (Wildman–Crippen LogP) is 3.12. The standard InChI is InChI=1S/C21H22N4O2/c1-27-19-7-3-2-5-16(19)13-18-6-4-11-25(18)21(26)17-8-9-23-20(14-17)24-12-10-22-15-24/h2-3,5,7-10,12,14-15,18H,4,6,11,13H2,1H3/t18-/m0/s1. The van der Waals surface area contributed by atoms with E-state index < -0.39 is 0 Å². The van der Waals surface area contributed by atoms with E-state index in [9.17, 15) is 4.79 Å². The highest BCUT2D eigenvalue weighted by molar-refractivity contribution is 5.95. The lowest BCUT2D eigenvalue weighted by atomic mass is 10.0. The zero-order chi connectivity index (χ0) is 18.6. The van der Waals surface area contributed by atoms with Crippen LogP contribution >= 0.6 is 0 Å². The van der Waals surface area contributed by atoms with Crippen LogP contribution in [0.2, 0.25) is 0 Å². The highest BCUT2D eigenvalue weighted by Gasteiger charge is 2.30. The Balaban J connectivity index is 1.55. The summed E-state index contributed by atoms with van der Waals surface area (Å²) in [5.74, 6) is 1.62. The summed E-state index contributed by atoms with van der Waals surface area (Å²) < 4.78 is 7.27. The van der Waals surface area contributed by atoms with E-state index in [2.05, 4.69) is 16.0 Å². The van der Waals surface area contributed by atoms with Crippen molar-refractivity contribution < 1.29 is 9.53 Å². The van der Waals surface area contributed by atoms with E-state index in [4.69, 9.17) is 4.74 Å². The van der Waals surface area contributed by atoms with Crippen LogP contribution in [0.5, 0.6) is 5.75 Å².